The lowest BCUT2D eigenvalue weighted by atomic mass is 9.98. The van der Waals surface area contributed by atoms with Crippen molar-refractivity contribution >= 4 is 11.6 Å². The third-order valence-electron chi connectivity index (χ3n) is 2.41. The average molecular weight is 230 g/mol. The SMILES string of the molecule is CC(C)C(=O)C(C)OC(C)(C)C(=O)C(C)O. The number of hydrogen-bond donors (Lipinski definition) is 1. The van der Waals surface area contributed by atoms with Gasteiger partial charge in [-0.05, 0) is 27.7 Å². The van der Waals surface area contributed by atoms with Gasteiger partial charge in [0.05, 0.1) is 0 Å². The van der Waals surface area contributed by atoms with Gasteiger partial charge in [-0.2, -0.15) is 0 Å². The molecule has 4 heteroatoms. The topological polar surface area (TPSA) is 63.6 Å². The van der Waals surface area contributed by atoms with Gasteiger partial charge in [0.1, 0.15) is 17.8 Å². The fourth-order valence-corrected chi connectivity index (χ4v) is 1.53. The molecule has 0 heterocycles. The van der Waals surface area contributed by atoms with E-state index in [0.717, 1.165) is 0 Å². The molecule has 0 aromatic carbocycles. The van der Waals surface area contributed by atoms with Gasteiger partial charge in [-0.15, -0.1) is 0 Å². The van der Waals surface area contributed by atoms with Crippen molar-refractivity contribution in [1.29, 1.82) is 0 Å². The standard InChI is InChI=1S/C12H22O4/c1-7(2)10(14)9(4)16-12(5,6)11(15)8(3)13/h7-9,13H,1-6H3. The van der Waals surface area contributed by atoms with E-state index in [0.29, 0.717) is 0 Å². The maximum absolute atomic E-state index is 11.6. The second-order valence-electron chi connectivity index (χ2n) is 4.87. The minimum Gasteiger partial charge on any atom is -0.385 e. The summed E-state index contributed by atoms with van der Waals surface area (Å²) in [5, 5.41) is 9.20. The van der Waals surface area contributed by atoms with Crippen LogP contribution in [-0.2, 0) is 14.3 Å². The number of ether oxygens (including phenoxy) is 1. The normalized spacial score (nSPS) is 16.0. The maximum Gasteiger partial charge on any atom is 0.192 e. The van der Waals surface area contributed by atoms with Gasteiger partial charge < -0.3 is 9.84 Å². The maximum atomic E-state index is 11.6. The van der Waals surface area contributed by atoms with Gasteiger partial charge in [0.2, 0.25) is 0 Å². The van der Waals surface area contributed by atoms with Gasteiger partial charge in [-0.25, -0.2) is 0 Å². The highest BCUT2D eigenvalue weighted by molar-refractivity contribution is 5.91. The van der Waals surface area contributed by atoms with Crippen LogP contribution in [-0.4, -0.2) is 34.5 Å². The molecule has 0 spiro atoms. The van der Waals surface area contributed by atoms with Crippen molar-refractivity contribution in [3.05, 3.63) is 0 Å². The lowest BCUT2D eigenvalue weighted by Gasteiger charge is -2.28. The Labute approximate surface area is 97.0 Å². The predicted molar refractivity (Wildman–Crippen MR) is 61.2 cm³/mol. The van der Waals surface area contributed by atoms with E-state index in [2.05, 4.69) is 0 Å². The molecule has 0 aliphatic carbocycles. The molecule has 2 unspecified atom stereocenters. The average Bonchev–Trinajstić information content (AvgIpc) is 2.14. The van der Waals surface area contributed by atoms with E-state index in [-0.39, 0.29) is 11.7 Å². The summed E-state index contributed by atoms with van der Waals surface area (Å²) in [6.07, 6.45) is -1.73. The molecule has 94 valence electrons. The first-order valence-corrected chi connectivity index (χ1v) is 5.53. The molecule has 1 N–H and O–H groups in total. The van der Waals surface area contributed by atoms with E-state index < -0.39 is 23.6 Å². The molecule has 0 aliphatic rings. The molecular weight excluding hydrogens is 208 g/mol. The highest BCUT2D eigenvalue weighted by Gasteiger charge is 2.35. The molecule has 4 nitrogen and oxygen atoms in total. The first kappa shape index (κ1) is 15.3. The number of carbonyl (C=O) groups is 2. The van der Waals surface area contributed by atoms with Crippen LogP contribution >= 0.6 is 0 Å². The Kier molecular flexibility index (Phi) is 5.29. The Bertz CT molecular complexity index is 266. The van der Waals surface area contributed by atoms with Crippen LogP contribution in [0.15, 0.2) is 0 Å². The quantitative estimate of drug-likeness (QED) is 0.748. The molecule has 2 atom stereocenters. The van der Waals surface area contributed by atoms with Gasteiger partial charge >= 0.3 is 0 Å². The first-order chi connectivity index (χ1) is 7.09. The molecular formula is C12H22O4. The zero-order valence-corrected chi connectivity index (χ0v) is 10.9. The van der Waals surface area contributed by atoms with Gasteiger partial charge in [0.15, 0.2) is 11.6 Å². The Morgan fingerprint density at radius 3 is 1.88 bits per heavy atom. The third kappa shape index (κ3) is 4.02. The Morgan fingerprint density at radius 2 is 1.56 bits per heavy atom. The fourth-order valence-electron chi connectivity index (χ4n) is 1.53. The number of Topliss-reactive ketones (excluding diaryl/α,β-unsaturated/α-hetero) is 2. The zero-order chi connectivity index (χ0) is 13.1. The lowest BCUT2D eigenvalue weighted by molar-refractivity contribution is -0.160. The molecule has 0 amide bonds. The summed E-state index contributed by atoms with van der Waals surface area (Å²) >= 11 is 0. The predicted octanol–water partition coefficient (Wildman–Crippen LogP) is 1.35. The van der Waals surface area contributed by atoms with Crippen molar-refractivity contribution in [3.63, 3.8) is 0 Å². The van der Waals surface area contributed by atoms with Crippen LogP contribution in [0, 0.1) is 5.92 Å². The summed E-state index contributed by atoms with van der Waals surface area (Å²) in [6.45, 7) is 9.71. The van der Waals surface area contributed by atoms with Crippen molar-refractivity contribution in [2.45, 2.75) is 59.4 Å². The molecule has 16 heavy (non-hydrogen) atoms. The van der Waals surface area contributed by atoms with Gasteiger partial charge in [0.25, 0.3) is 0 Å². The number of aliphatic hydroxyl groups excluding tert-OH is 1. The first-order valence-electron chi connectivity index (χ1n) is 5.53. The number of rotatable bonds is 6. The molecule has 0 aromatic heterocycles. The second-order valence-corrected chi connectivity index (χ2v) is 4.87. The fraction of sp³-hybridized carbons (Fsp3) is 0.833. The van der Waals surface area contributed by atoms with Crippen molar-refractivity contribution in [1.82, 2.24) is 0 Å². The summed E-state index contributed by atoms with van der Waals surface area (Å²) in [7, 11) is 0. The summed E-state index contributed by atoms with van der Waals surface area (Å²) < 4.78 is 5.42. The van der Waals surface area contributed by atoms with E-state index in [1.54, 1.807) is 34.6 Å². The largest absolute Gasteiger partial charge is 0.385 e. The third-order valence-corrected chi connectivity index (χ3v) is 2.41. The van der Waals surface area contributed by atoms with Crippen LogP contribution in [0.5, 0.6) is 0 Å². The van der Waals surface area contributed by atoms with E-state index in [1.807, 2.05) is 0 Å². The Hall–Kier alpha value is -0.740. The molecule has 0 saturated heterocycles. The van der Waals surface area contributed by atoms with Crippen LogP contribution in [0.3, 0.4) is 0 Å². The summed E-state index contributed by atoms with van der Waals surface area (Å²) in [5.41, 5.74) is -1.14. The number of aliphatic hydroxyl groups is 1. The minimum atomic E-state index is -1.14. The molecule has 0 radical (unpaired) electrons. The van der Waals surface area contributed by atoms with Crippen molar-refractivity contribution in [3.8, 4) is 0 Å². The second kappa shape index (κ2) is 5.55. The summed E-state index contributed by atoms with van der Waals surface area (Å²) in [6, 6.07) is 0. The molecule has 0 fully saturated rings. The van der Waals surface area contributed by atoms with E-state index >= 15 is 0 Å². The van der Waals surface area contributed by atoms with Gasteiger partial charge in [-0.3, -0.25) is 9.59 Å². The van der Waals surface area contributed by atoms with Crippen molar-refractivity contribution in [2.24, 2.45) is 5.92 Å². The Morgan fingerprint density at radius 1 is 1.12 bits per heavy atom. The zero-order valence-electron chi connectivity index (χ0n) is 10.9. The summed E-state index contributed by atoms with van der Waals surface area (Å²) in [5.74, 6) is -0.602. The molecule has 0 aromatic rings. The number of hydrogen-bond acceptors (Lipinski definition) is 4. The Balaban J connectivity index is 4.59. The smallest absolute Gasteiger partial charge is 0.192 e. The number of carbonyl (C=O) groups excluding carboxylic acids is 2. The molecule has 0 bridgehead atoms. The summed E-state index contributed by atoms with van der Waals surface area (Å²) in [4.78, 5) is 23.2. The molecule has 0 aliphatic heterocycles. The highest BCUT2D eigenvalue weighted by atomic mass is 16.5. The lowest BCUT2D eigenvalue weighted by Crippen LogP contribution is -2.45. The highest BCUT2D eigenvalue weighted by Crippen LogP contribution is 2.17. The van der Waals surface area contributed by atoms with Gasteiger partial charge in [-0.1, -0.05) is 13.8 Å². The van der Waals surface area contributed by atoms with Crippen LogP contribution in [0.2, 0.25) is 0 Å². The van der Waals surface area contributed by atoms with Crippen LogP contribution in [0.25, 0.3) is 0 Å². The van der Waals surface area contributed by atoms with Crippen LogP contribution in [0.1, 0.15) is 41.5 Å². The van der Waals surface area contributed by atoms with E-state index in [9.17, 15) is 14.7 Å². The van der Waals surface area contributed by atoms with E-state index in [4.69, 9.17) is 4.74 Å². The van der Waals surface area contributed by atoms with E-state index in [1.165, 1.54) is 6.92 Å². The van der Waals surface area contributed by atoms with Crippen LogP contribution in [0.4, 0.5) is 0 Å². The van der Waals surface area contributed by atoms with Gasteiger partial charge in [0, 0.05) is 5.92 Å². The number of ketones is 2. The minimum absolute atomic E-state index is 0.0496. The van der Waals surface area contributed by atoms with Crippen molar-refractivity contribution in [2.75, 3.05) is 0 Å². The molecule has 0 rings (SSSR count). The van der Waals surface area contributed by atoms with Crippen molar-refractivity contribution < 1.29 is 19.4 Å². The monoisotopic (exact) mass is 230 g/mol. The molecule has 0 saturated carbocycles. The van der Waals surface area contributed by atoms with Crippen LogP contribution < -0.4 is 0 Å².